The zero-order chi connectivity index (χ0) is 8.65. The summed E-state index contributed by atoms with van der Waals surface area (Å²) < 4.78 is 0.993. The van der Waals surface area contributed by atoms with Crippen LogP contribution < -0.4 is 24.0 Å². The molecule has 1 aliphatic rings. The van der Waals surface area contributed by atoms with Crippen LogP contribution in [-0.4, -0.2) is 36.9 Å². The number of piperidine rings is 1. The zero-order valence-corrected chi connectivity index (χ0v) is 10.5. The molecule has 0 bridgehead atoms. The molecular weight excluding hydrogens is 265 g/mol. The number of carbonyl (C=O) groups is 1. The van der Waals surface area contributed by atoms with Gasteiger partial charge in [0.25, 0.3) is 0 Å². The van der Waals surface area contributed by atoms with Crippen LogP contribution in [0.15, 0.2) is 0 Å². The Labute approximate surface area is 91.9 Å². The fourth-order valence-electron chi connectivity index (χ4n) is 1.70. The van der Waals surface area contributed by atoms with Crippen LogP contribution in [0, 0.1) is 5.92 Å². The summed E-state index contributed by atoms with van der Waals surface area (Å²) in [5.41, 5.74) is 0. The Morgan fingerprint density at radius 3 is 2.25 bits per heavy atom. The molecule has 0 aromatic heterocycles. The lowest BCUT2D eigenvalue weighted by atomic mass is 9.89. The summed E-state index contributed by atoms with van der Waals surface area (Å²) in [6.45, 7) is 5.22. The van der Waals surface area contributed by atoms with Crippen molar-refractivity contribution in [3.8, 4) is 0 Å². The van der Waals surface area contributed by atoms with Gasteiger partial charge in [0.15, 0.2) is 0 Å². The Hall–Kier alpha value is 0.360. The first kappa shape index (κ1) is 12.4. The van der Waals surface area contributed by atoms with Crippen molar-refractivity contribution in [2.45, 2.75) is 26.3 Å². The lowest BCUT2D eigenvalue weighted by Crippen LogP contribution is -3.00. The minimum Gasteiger partial charge on any atom is -1.00 e. The standard InChI is InChI=1S/C9H18NO.HI/c1-7-8(2)10(3,4)6-5-9(7)11;/h7-8H,5-6H2,1-4H3;1H/q+1;/p-1. The summed E-state index contributed by atoms with van der Waals surface area (Å²) in [7, 11) is 4.40. The van der Waals surface area contributed by atoms with Crippen molar-refractivity contribution < 1.29 is 33.3 Å². The van der Waals surface area contributed by atoms with Gasteiger partial charge in [-0.3, -0.25) is 4.79 Å². The van der Waals surface area contributed by atoms with Crippen molar-refractivity contribution in [1.82, 2.24) is 0 Å². The summed E-state index contributed by atoms with van der Waals surface area (Å²) in [6.07, 6.45) is 0.762. The smallest absolute Gasteiger partial charge is 0.147 e. The third-order valence-corrected chi connectivity index (χ3v) is 3.27. The van der Waals surface area contributed by atoms with E-state index in [4.69, 9.17) is 0 Å². The van der Waals surface area contributed by atoms with Gasteiger partial charge >= 0.3 is 0 Å². The number of quaternary nitrogens is 1. The van der Waals surface area contributed by atoms with Gasteiger partial charge < -0.3 is 28.5 Å². The number of Topliss-reactive ketones (excluding diaryl/α,β-unsaturated/α-hetero) is 1. The average Bonchev–Trinajstić information content (AvgIpc) is 1.95. The van der Waals surface area contributed by atoms with E-state index in [-0.39, 0.29) is 29.9 Å². The second-order valence-corrected chi connectivity index (χ2v) is 4.25. The van der Waals surface area contributed by atoms with Crippen LogP contribution in [0.3, 0.4) is 0 Å². The topological polar surface area (TPSA) is 17.1 Å². The quantitative estimate of drug-likeness (QED) is 0.374. The van der Waals surface area contributed by atoms with E-state index in [0.717, 1.165) is 17.4 Å². The van der Waals surface area contributed by atoms with E-state index >= 15 is 0 Å². The Morgan fingerprint density at radius 2 is 1.83 bits per heavy atom. The van der Waals surface area contributed by atoms with Crippen LogP contribution in [0.4, 0.5) is 0 Å². The van der Waals surface area contributed by atoms with Gasteiger partial charge in [-0.05, 0) is 13.8 Å². The Bertz CT molecular complexity index is 179. The molecule has 0 radical (unpaired) electrons. The molecule has 12 heavy (non-hydrogen) atoms. The zero-order valence-electron chi connectivity index (χ0n) is 8.30. The van der Waals surface area contributed by atoms with Gasteiger partial charge in [-0.15, -0.1) is 0 Å². The monoisotopic (exact) mass is 283 g/mol. The van der Waals surface area contributed by atoms with Crippen molar-refractivity contribution in [2.75, 3.05) is 20.6 Å². The maximum absolute atomic E-state index is 11.3. The first-order valence-corrected chi connectivity index (χ1v) is 4.30. The maximum atomic E-state index is 11.3. The number of carbonyl (C=O) groups excluding carboxylic acids is 1. The van der Waals surface area contributed by atoms with E-state index in [0.29, 0.717) is 11.8 Å². The van der Waals surface area contributed by atoms with E-state index < -0.39 is 0 Å². The number of ketones is 1. The average molecular weight is 283 g/mol. The van der Waals surface area contributed by atoms with E-state index in [2.05, 4.69) is 21.0 Å². The highest BCUT2D eigenvalue weighted by molar-refractivity contribution is 5.81. The third kappa shape index (κ3) is 2.19. The summed E-state index contributed by atoms with van der Waals surface area (Å²) in [5, 5.41) is 0. The van der Waals surface area contributed by atoms with E-state index in [1.165, 1.54) is 0 Å². The van der Waals surface area contributed by atoms with Crippen LogP contribution in [0.25, 0.3) is 0 Å². The molecule has 1 aliphatic heterocycles. The van der Waals surface area contributed by atoms with Crippen molar-refractivity contribution >= 4 is 5.78 Å². The SMILES string of the molecule is CC1C(=O)CC[N+](C)(C)C1C.[I-]. The Balaban J connectivity index is 0.00000121. The molecule has 0 aromatic rings. The normalized spacial score (nSPS) is 34.2. The van der Waals surface area contributed by atoms with Gasteiger partial charge in [0.2, 0.25) is 0 Å². The molecule has 2 unspecified atom stereocenters. The van der Waals surface area contributed by atoms with E-state index in [1.807, 2.05) is 6.92 Å². The van der Waals surface area contributed by atoms with E-state index in [9.17, 15) is 4.79 Å². The Kier molecular flexibility index (Phi) is 4.17. The molecule has 0 spiro atoms. The van der Waals surface area contributed by atoms with Gasteiger partial charge in [0.1, 0.15) is 5.78 Å². The third-order valence-electron chi connectivity index (χ3n) is 3.27. The number of rotatable bonds is 0. The molecule has 72 valence electrons. The molecule has 0 aromatic carbocycles. The maximum Gasteiger partial charge on any atom is 0.147 e. The number of hydrogen-bond acceptors (Lipinski definition) is 1. The summed E-state index contributed by atoms with van der Waals surface area (Å²) in [5.74, 6) is 0.689. The number of likely N-dealkylation sites (tertiary alicyclic amines) is 1. The molecule has 1 rings (SSSR count). The lowest BCUT2D eigenvalue weighted by Gasteiger charge is -2.42. The molecule has 0 aliphatic carbocycles. The molecule has 0 N–H and O–H groups in total. The molecule has 1 saturated heterocycles. The van der Waals surface area contributed by atoms with E-state index in [1.54, 1.807) is 0 Å². The van der Waals surface area contributed by atoms with Gasteiger partial charge in [-0.2, -0.15) is 0 Å². The predicted molar refractivity (Wildman–Crippen MR) is 45.2 cm³/mol. The van der Waals surface area contributed by atoms with Gasteiger partial charge in [0.05, 0.1) is 39.0 Å². The van der Waals surface area contributed by atoms with Crippen molar-refractivity contribution in [3.05, 3.63) is 0 Å². The largest absolute Gasteiger partial charge is 1.00 e. The van der Waals surface area contributed by atoms with Gasteiger partial charge in [-0.25, -0.2) is 0 Å². The molecule has 2 atom stereocenters. The fraction of sp³-hybridized carbons (Fsp3) is 0.889. The molecule has 1 heterocycles. The van der Waals surface area contributed by atoms with Crippen molar-refractivity contribution in [1.29, 1.82) is 0 Å². The second kappa shape index (κ2) is 4.05. The molecule has 0 amide bonds. The summed E-state index contributed by atoms with van der Waals surface area (Å²) in [4.78, 5) is 11.3. The van der Waals surface area contributed by atoms with Gasteiger partial charge in [-0.1, -0.05) is 0 Å². The van der Waals surface area contributed by atoms with Crippen molar-refractivity contribution in [3.63, 3.8) is 0 Å². The number of hydrogen-bond donors (Lipinski definition) is 0. The molecule has 2 nitrogen and oxygen atoms in total. The second-order valence-electron chi connectivity index (χ2n) is 4.25. The minimum atomic E-state index is 0. The predicted octanol–water partition coefficient (Wildman–Crippen LogP) is -1.94. The van der Waals surface area contributed by atoms with Crippen LogP contribution in [0.1, 0.15) is 20.3 Å². The lowest BCUT2D eigenvalue weighted by molar-refractivity contribution is -0.917. The summed E-state index contributed by atoms with van der Waals surface area (Å²) >= 11 is 0. The van der Waals surface area contributed by atoms with Crippen LogP contribution >= 0.6 is 0 Å². The first-order chi connectivity index (χ1) is 4.95. The molecule has 0 saturated carbocycles. The van der Waals surface area contributed by atoms with Crippen LogP contribution in [-0.2, 0) is 4.79 Å². The molecule has 3 heteroatoms. The van der Waals surface area contributed by atoms with Crippen LogP contribution in [0.5, 0.6) is 0 Å². The fourth-order valence-corrected chi connectivity index (χ4v) is 1.70. The number of halogens is 1. The van der Waals surface area contributed by atoms with Gasteiger partial charge in [0, 0.05) is 0 Å². The highest BCUT2D eigenvalue weighted by Gasteiger charge is 2.37. The first-order valence-electron chi connectivity index (χ1n) is 4.30. The van der Waals surface area contributed by atoms with Crippen LogP contribution in [0.2, 0.25) is 0 Å². The van der Waals surface area contributed by atoms with Crippen molar-refractivity contribution in [2.24, 2.45) is 5.92 Å². The molecular formula is C9H18INO. The Morgan fingerprint density at radius 1 is 1.33 bits per heavy atom. The summed E-state index contributed by atoms with van der Waals surface area (Å²) in [6, 6.07) is 0.483. The minimum absolute atomic E-state index is 0. The molecule has 1 fully saturated rings. The highest BCUT2D eigenvalue weighted by Crippen LogP contribution is 2.23. The highest BCUT2D eigenvalue weighted by atomic mass is 127. The number of nitrogens with zero attached hydrogens (tertiary/aromatic N) is 1.